The number of thioether (sulfide) groups is 1. The van der Waals surface area contributed by atoms with Gasteiger partial charge in [-0.05, 0) is 18.6 Å². The van der Waals surface area contributed by atoms with Crippen LogP contribution in [0.3, 0.4) is 0 Å². The highest BCUT2D eigenvalue weighted by Crippen LogP contribution is 2.32. The number of imide groups is 1. The average Bonchev–Trinajstić information content (AvgIpc) is 2.82. The number of aromatic hydroxyl groups is 1. The first-order chi connectivity index (χ1) is 11.5. The van der Waals surface area contributed by atoms with E-state index >= 15 is 0 Å². The molecule has 1 saturated heterocycles. The van der Waals surface area contributed by atoms with Gasteiger partial charge in [0.15, 0.2) is 5.16 Å². The van der Waals surface area contributed by atoms with Crippen LogP contribution in [0, 0.1) is 0 Å². The van der Waals surface area contributed by atoms with Gasteiger partial charge in [-0.1, -0.05) is 36.9 Å². The standard InChI is InChI=1S/C16H15N3O4S/c1-2-10-13(21)17-16(18-14(10)22)24-11-8-12(20)19(15(11)23)9-6-4-3-5-7-9/h3-7,11H,2,8H2,1H3,(H2,17,18,21,22)/t11-/m0/s1. The van der Waals surface area contributed by atoms with Gasteiger partial charge in [0.2, 0.25) is 17.7 Å². The number of nitrogens with one attached hydrogen (secondary N) is 1. The van der Waals surface area contributed by atoms with Gasteiger partial charge in [0.05, 0.1) is 11.3 Å². The molecule has 8 heteroatoms. The van der Waals surface area contributed by atoms with Gasteiger partial charge < -0.3 is 10.1 Å². The molecule has 1 aromatic heterocycles. The molecular formula is C16H15N3O4S. The van der Waals surface area contributed by atoms with Gasteiger partial charge in [0.1, 0.15) is 5.25 Å². The van der Waals surface area contributed by atoms with Crippen LogP contribution >= 0.6 is 11.8 Å². The van der Waals surface area contributed by atoms with Crippen molar-refractivity contribution in [1.29, 1.82) is 0 Å². The van der Waals surface area contributed by atoms with Gasteiger partial charge in [0, 0.05) is 6.42 Å². The minimum Gasteiger partial charge on any atom is -0.493 e. The van der Waals surface area contributed by atoms with Crippen molar-refractivity contribution in [2.45, 2.75) is 30.2 Å². The summed E-state index contributed by atoms with van der Waals surface area (Å²) < 4.78 is 0. The van der Waals surface area contributed by atoms with Crippen LogP contribution in [0.5, 0.6) is 5.88 Å². The molecule has 124 valence electrons. The second-order valence-corrected chi connectivity index (χ2v) is 6.43. The number of nitrogens with zero attached hydrogens (tertiary/aromatic N) is 2. The Bertz CT molecular complexity index is 850. The van der Waals surface area contributed by atoms with Crippen molar-refractivity contribution in [3.8, 4) is 5.88 Å². The molecule has 3 rings (SSSR count). The number of amides is 2. The first kappa shape index (κ1) is 16.3. The number of hydrogen-bond acceptors (Lipinski definition) is 6. The second-order valence-electron chi connectivity index (χ2n) is 5.24. The lowest BCUT2D eigenvalue weighted by molar-refractivity contribution is -0.121. The monoisotopic (exact) mass is 345 g/mol. The van der Waals surface area contributed by atoms with Crippen molar-refractivity contribution in [3.63, 3.8) is 0 Å². The zero-order chi connectivity index (χ0) is 17.3. The Kier molecular flexibility index (Phi) is 4.39. The molecule has 1 aliphatic rings. The van der Waals surface area contributed by atoms with Crippen molar-refractivity contribution in [2.75, 3.05) is 4.90 Å². The summed E-state index contributed by atoms with van der Waals surface area (Å²) in [5.74, 6) is -1.02. The highest BCUT2D eigenvalue weighted by atomic mass is 32.2. The van der Waals surface area contributed by atoms with Gasteiger partial charge in [-0.3, -0.25) is 14.4 Å². The van der Waals surface area contributed by atoms with E-state index in [1.807, 2.05) is 0 Å². The fraction of sp³-hybridized carbons (Fsp3) is 0.250. The third kappa shape index (κ3) is 2.92. The van der Waals surface area contributed by atoms with Crippen LogP contribution in [0.25, 0.3) is 0 Å². The zero-order valence-electron chi connectivity index (χ0n) is 12.9. The van der Waals surface area contributed by atoms with Gasteiger partial charge >= 0.3 is 0 Å². The van der Waals surface area contributed by atoms with Gasteiger partial charge in [-0.25, -0.2) is 4.90 Å². The molecule has 2 aromatic rings. The molecule has 0 unspecified atom stereocenters. The molecule has 0 spiro atoms. The summed E-state index contributed by atoms with van der Waals surface area (Å²) >= 11 is 0.970. The number of anilines is 1. The number of aromatic amines is 1. The summed E-state index contributed by atoms with van der Waals surface area (Å²) in [5, 5.41) is 9.22. The third-order valence-corrected chi connectivity index (χ3v) is 4.77. The third-order valence-electron chi connectivity index (χ3n) is 3.70. The van der Waals surface area contributed by atoms with E-state index in [2.05, 4.69) is 9.97 Å². The highest BCUT2D eigenvalue weighted by Gasteiger charge is 2.40. The Morgan fingerprint density at radius 1 is 1.29 bits per heavy atom. The maximum absolute atomic E-state index is 12.5. The molecule has 1 atom stereocenters. The van der Waals surface area contributed by atoms with Gasteiger partial charge in [-0.15, -0.1) is 0 Å². The average molecular weight is 345 g/mol. The molecule has 0 bridgehead atoms. The molecule has 2 heterocycles. The van der Waals surface area contributed by atoms with E-state index in [0.717, 1.165) is 16.7 Å². The zero-order valence-corrected chi connectivity index (χ0v) is 13.7. The maximum Gasteiger partial charge on any atom is 0.258 e. The van der Waals surface area contributed by atoms with Crippen LogP contribution in [0.2, 0.25) is 0 Å². The predicted molar refractivity (Wildman–Crippen MR) is 89.1 cm³/mol. The summed E-state index contributed by atoms with van der Waals surface area (Å²) in [4.78, 5) is 44.1. The number of H-pyrrole nitrogens is 1. The molecule has 2 N–H and O–H groups in total. The van der Waals surface area contributed by atoms with E-state index in [4.69, 9.17) is 0 Å². The Morgan fingerprint density at radius 2 is 2.00 bits per heavy atom. The second kappa shape index (κ2) is 6.48. The number of carbonyl (C=O) groups is 2. The number of hydrogen-bond donors (Lipinski definition) is 2. The summed E-state index contributed by atoms with van der Waals surface area (Å²) in [5.41, 5.74) is 0.268. The molecule has 24 heavy (non-hydrogen) atoms. The molecule has 1 aromatic carbocycles. The molecule has 0 radical (unpaired) electrons. The highest BCUT2D eigenvalue weighted by molar-refractivity contribution is 8.00. The summed E-state index contributed by atoms with van der Waals surface area (Å²) in [7, 11) is 0. The number of carbonyl (C=O) groups excluding carboxylic acids is 2. The topological polar surface area (TPSA) is 103 Å². The van der Waals surface area contributed by atoms with E-state index < -0.39 is 10.8 Å². The number of aromatic nitrogens is 2. The first-order valence-electron chi connectivity index (χ1n) is 7.42. The molecule has 1 aliphatic heterocycles. The van der Waals surface area contributed by atoms with Crippen molar-refractivity contribution in [1.82, 2.24) is 9.97 Å². The quantitative estimate of drug-likeness (QED) is 0.642. The van der Waals surface area contributed by atoms with Gasteiger partial charge in [-0.2, -0.15) is 4.98 Å². The number of benzene rings is 1. The Labute approximate surface area is 141 Å². The smallest absolute Gasteiger partial charge is 0.258 e. The van der Waals surface area contributed by atoms with Crippen LogP contribution in [0.4, 0.5) is 5.69 Å². The van der Waals surface area contributed by atoms with E-state index in [1.54, 1.807) is 37.3 Å². The largest absolute Gasteiger partial charge is 0.493 e. The van der Waals surface area contributed by atoms with Crippen molar-refractivity contribution >= 4 is 29.3 Å². The van der Waals surface area contributed by atoms with Crippen molar-refractivity contribution < 1.29 is 14.7 Å². The molecule has 1 fully saturated rings. The minimum absolute atomic E-state index is 0.0123. The first-order valence-corrected chi connectivity index (χ1v) is 8.30. The Balaban J connectivity index is 1.84. The van der Waals surface area contributed by atoms with Gasteiger partial charge in [0.25, 0.3) is 5.56 Å². The fourth-order valence-electron chi connectivity index (χ4n) is 2.52. The van der Waals surface area contributed by atoms with Crippen molar-refractivity contribution in [3.05, 3.63) is 46.2 Å². The van der Waals surface area contributed by atoms with Crippen LogP contribution in [-0.2, 0) is 16.0 Å². The Morgan fingerprint density at radius 3 is 2.62 bits per heavy atom. The van der Waals surface area contributed by atoms with Crippen LogP contribution in [0.1, 0.15) is 18.9 Å². The maximum atomic E-state index is 12.5. The van der Waals surface area contributed by atoms with E-state index in [1.165, 1.54) is 0 Å². The van der Waals surface area contributed by atoms with Crippen LogP contribution in [0.15, 0.2) is 40.3 Å². The molecule has 2 amide bonds. The summed E-state index contributed by atoms with van der Waals surface area (Å²) in [6.07, 6.45) is 0.361. The molecule has 0 aliphatic carbocycles. The summed E-state index contributed by atoms with van der Waals surface area (Å²) in [6, 6.07) is 8.66. The molecule has 7 nitrogen and oxygen atoms in total. The lowest BCUT2D eigenvalue weighted by Crippen LogP contribution is -2.31. The lowest BCUT2D eigenvalue weighted by atomic mass is 10.2. The van der Waals surface area contributed by atoms with E-state index in [0.29, 0.717) is 12.1 Å². The SMILES string of the molecule is CCc1c(O)nc(S[C@H]2CC(=O)N(c3ccccc3)C2=O)[nH]c1=O. The van der Waals surface area contributed by atoms with E-state index in [-0.39, 0.29) is 34.8 Å². The summed E-state index contributed by atoms with van der Waals surface area (Å²) in [6.45, 7) is 1.73. The predicted octanol–water partition coefficient (Wildman–Crippen LogP) is 1.46. The minimum atomic E-state index is -0.687. The normalized spacial score (nSPS) is 17.5. The number of rotatable bonds is 4. The van der Waals surface area contributed by atoms with Crippen LogP contribution < -0.4 is 10.5 Å². The molecular weight excluding hydrogens is 330 g/mol. The fourth-order valence-corrected chi connectivity index (χ4v) is 3.51. The number of para-hydroxylation sites is 1. The lowest BCUT2D eigenvalue weighted by Gasteiger charge is -2.14. The van der Waals surface area contributed by atoms with Crippen molar-refractivity contribution in [2.24, 2.45) is 0 Å². The molecule has 0 saturated carbocycles. The van der Waals surface area contributed by atoms with E-state index in [9.17, 15) is 19.5 Å². The van der Waals surface area contributed by atoms with Crippen LogP contribution in [-0.4, -0.2) is 32.1 Å². The Hall–Kier alpha value is -2.61.